The fourth-order valence-electron chi connectivity index (χ4n) is 1.00. The molecule has 2 nitrogen and oxygen atoms in total. The Hall–Kier alpha value is -0.0800. The first kappa shape index (κ1) is 11.9. The Bertz CT molecular complexity index is 100. The molecule has 0 fully saturated rings. The van der Waals surface area contributed by atoms with Gasteiger partial charge in [-0.1, -0.05) is 0 Å². The lowest BCUT2D eigenvalue weighted by atomic mass is 10.3. The third kappa shape index (κ3) is 8.02. The summed E-state index contributed by atoms with van der Waals surface area (Å²) in [6.45, 7) is 11.1. The summed E-state index contributed by atoms with van der Waals surface area (Å²) in [7, 11) is 0. The molecule has 0 unspecified atom stereocenters. The van der Waals surface area contributed by atoms with Crippen LogP contribution in [-0.4, -0.2) is 24.9 Å². The van der Waals surface area contributed by atoms with Gasteiger partial charge in [-0.3, -0.25) is 0 Å². The summed E-state index contributed by atoms with van der Waals surface area (Å²) in [6, 6.07) is 0. The van der Waals surface area contributed by atoms with Crippen LogP contribution in [0.5, 0.6) is 0 Å². The summed E-state index contributed by atoms with van der Waals surface area (Å²) in [5.41, 5.74) is 0. The highest BCUT2D eigenvalue weighted by atomic mass is 16.5. The number of hydrogen-bond acceptors (Lipinski definition) is 2. The van der Waals surface area contributed by atoms with E-state index in [4.69, 9.17) is 9.47 Å². The molecule has 0 aromatic rings. The maximum atomic E-state index is 5.55. The molecule has 1 atom stereocenters. The molecule has 0 aliphatic heterocycles. The van der Waals surface area contributed by atoms with Crippen LogP contribution in [0.15, 0.2) is 0 Å². The molecule has 0 saturated heterocycles. The minimum atomic E-state index is 0.309. The van der Waals surface area contributed by atoms with Crippen molar-refractivity contribution >= 4 is 0 Å². The van der Waals surface area contributed by atoms with Crippen molar-refractivity contribution in [3.8, 4) is 0 Å². The van der Waals surface area contributed by atoms with E-state index in [2.05, 4.69) is 20.8 Å². The van der Waals surface area contributed by atoms with E-state index in [9.17, 15) is 0 Å². The largest absolute Gasteiger partial charge is 0.379 e. The van der Waals surface area contributed by atoms with Crippen molar-refractivity contribution in [1.29, 1.82) is 0 Å². The average Bonchev–Trinajstić information content (AvgIpc) is 1.84. The number of rotatable bonds is 6. The van der Waals surface area contributed by atoms with Gasteiger partial charge >= 0.3 is 0 Å². The minimum absolute atomic E-state index is 0.309. The highest BCUT2D eigenvalue weighted by molar-refractivity contribution is 4.52. The Balaban J connectivity index is 3.25. The first-order valence-corrected chi connectivity index (χ1v) is 4.79. The molecule has 12 heavy (non-hydrogen) atoms. The Morgan fingerprint density at radius 2 is 1.50 bits per heavy atom. The molecule has 74 valence electrons. The van der Waals surface area contributed by atoms with Gasteiger partial charge in [0.1, 0.15) is 0 Å². The Labute approximate surface area is 76.3 Å². The molecular formula is C10H22O2. The predicted molar refractivity (Wildman–Crippen MR) is 51.4 cm³/mol. The molecule has 0 aliphatic rings. The standard InChI is InChI=1S/C10H22O2/c1-8(2)11-7-6-10(5)12-9(3)4/h8-10H,6-7H2,1-5H3/t10-/m1/s1. The normalized spacial score (nSPS) is 14.2. The van der Waals surface area contributed by atoms with Crippen LogP contribution in [0.4, 0.5) is 0 Å². The van der Waals surface area contributed by atoms with Crippen LogP contribution >= 0.6 is 0 Å². The van der Waals surface area contributed by atoms with E-state index in [-0.39, 0.29) is 0 Å². The second kappa shape index (κ2) is 6.44. The highest BCUT2D eigenvalue weighted by Gasteiger charge is 2.04. The van der Waals surface area contributed by atoms with Gasteiger partial charge in [0.25, 0.3) is 0 Å². The van der Waals surface area contributed by atoms with Crippen molar-refractivity contribution in [1.82, 2.24) is 0 Å². The second-order valence-electron chi connectivity index (χ2n) is 3.70. The summed E-state index contributed by atoms with van der Waals surface area (Å²) in [4.78, 5) is 0. The van der Waals surface area contributed by atoms with Crippen molar-refractivity contribution in [3.63, 3.8) is 0 Å². The van der Waals surface area contributed by atoms with E-state index in [0.717, 1.165) is 13.0 Å². The van der Waals surface area contributed by atoms with E-state index < -0.39 is 0 Å². The predicted octanol–water partition coefficient (Wildman–Crippen LogP) is 2.62. The van der Waals surface area contributed by atoms with E-state index in [1.54, 1.807) is 0 Å². The first-order valence-electron chi connectivity index (χ1n) is 4.79. The van der Waals surface area contributed by atoms with E-state index >= 15 is 0 Å². The zero-order valence-electron chi connectivity index (χ0n) is 8.96. The molecule has 0 radical (unpaired) electrons. The molecule has 0 aromatic carbocycles. The number of ether oxygens (including phenoxy) is 2. The van der Waals surface area contributed by atoms with Gasteiger partial charge in [0.2, 0.25) is 0 Å². The third-order valence-corrected chi connectivity index (χ3v) is 1.48. The maximum absolute atomic E-state index is 5.55. The van der Waals surface area contributed by atoms with Crippen molar-refractivity contribution in [2.24, 2.45) is 0 Å². The van der Waals surface area contributed by atoms with Gasteiger partial charge < -0.3 is 9.47 Å². The van der Waals surface area contributed by atoms with E-state index in [1.807, 2.05) is 13.8 Å². The summed E-state index contributed by atoms with van der Waals surface area (Å²) >= 11 is 0. The summed E-state index contributed by atoms with van der Waals surface area (Å²) in [5, 5.41) is 0. The molecule has 0 N–H and O–H groups in total. The van der Waals surface area contributed by atoms with Crippen LogP contribution in [0, 0.1) is 0 Å². The van der Waals surface area contributed by atoms with Crippen LogP contribution < -0.4 is 0 Å². The SMILES string of the molecule is CC(C)OCC[C@@H](C)OC(C)C. The minimum Gasteiger partial charge on any atom is -0.379 e. The molecule has 2 heteroatoms. The van der Waals surface area contributed by atoms with Crippen molar-refractivity contribution in [3.05, 3.63) is 0 Å². The van der Waals surface area contributed by atoms with Gasteiger partial charge in [-0.25, -0.2) is 0 Å². The lowest BCUT2D eigenvalue weighted by molar-refractivity contribution is -0.0117. The lowest BCUT2D eigenvalue weighted by Gasteiger charge is -2.16. The molecule has 0 aliphatic carbocycles. The molecule has 0 amide bonds. The van der Waals surface area contributed by atoms with Gasteiger partial charge in [-0.05, 0) is 41.0 Å². The smallest absolute Gasteiger partial charge is 0.0572 e. The summed E-state index contributed by atoms with van der Waals surface area (Å²) < 4.78 is 11.0. The van der Waals surface area contributed by atoms with Crippen molar-refractivity contribution in [2.75, 3.05) is 6.61 Å². The monoisotopic (exact) mass is 174 g/mol. The molecule has 0 aromatic heterocycles. The zero-order valence-corrected chi connectivity index (χ0v) is 8.96. The Morgan fingerprint density at radius 1 is 0.917 bits per heavy atom. The third-order valence-electron chi connectivity index (χ3n) is 1.48. The Morgan fingerprint density at radius 3 is 1.92 bits per heavy atom. The van der Waals surface area contributed by atoms with Gasteiger partial charge in [-0.15, -0.1) is 0 Å². The summed E-state index contributed by atoms with van der Waals surface area (Å²) in [5.74, 6) is 0. The lowest BCUT2D eigenvalue weighted by Crippen LogP contribution is -2.17. The molecule has 0 saturated carbocycles. The molecular weight excluding hydrogens is 152 g/mol. The van der Waals surface area contributed by atoms with Crippen LogP contribution in [-0.2, 0) is 9.47 Å². The van der Waals surface area contributed by atoms with Gasteiger partial charge in [0.05, 0.1) is 18.3 Å². The van der Waals surface area contributed by atoms with E-state index in [1.165, 1.54) is 0 Å². The van der Waals surface area contributed by atoms with Gasteiger partial charge in [0.15, 0.2) is 0 Å². The summed E-state index contributed by atoms with van der Waals surface area (Å²) in [6.07, 6.45) is 1.94. The molecule has 0 rings (SSSR count). The Kier molecular flexibility index (Phi) is 6.39. The quantitative estimate of drug-likeness (QED) is 0.616. The van der Waals surface area contributed by atoms with Crippen molar-refractivity contribution < 1.29 is 9.47 Å². The first-order chi connectivity index (χ1) is 5.52. The fraction of sp³-hybridized carbons (Fsp3) is 1.00. The molecule has 0 spiro atoms. The van der Waals surface area contributed by atoms with Crippen LogP contribution in [0.25, 0.3) is 0 Å². The van der Waals surface area contributed by atoms with Crippen molar-refractivity contribution in [2.45, 2.75) is 59.4 Å². The molecule has 0 heterocycles. The van der Waals surface area contributed by atoms with Crippen LogP contribution in [0.3, 0.4) is 0 Å². The van der Waals surface area contributed by atoms with Crippen LogP contribution in [0.2, 0.25) is 0 Å². The fourth-order valence-corrected chi connectivity index (χ4v) is 1.00. The van der Waals surface area contributed by atoms with Gasteiger partial charge in [-0.2, -0.15) is 0 Å². The van der Waals surface area contributed by atoms with E-state index in [0.29, 0.717) is 18.3 Å². The topological polar surface area (TPSA) is 18.5 Å². The molecule has 0 bridgehead atoms. The second-order valence-corrected chi connectivity index (χ2v) is 3.70. The average molecular weight is 174 g/mol. The number of hydrogen-bond donors (Lipinski definition) is 0. The maximum Gasteiger partial charge on any atom is 0.0572 e. The van der Waals surface area contributed by atoms with Crippen LogP contribution in [0.1, 0.15) is 41.0 Å². The zero-order chi connectivity index (χ0) is 9.56. The highest BCUT2D eigenvalue weighted by Crippen LogP contribution is 2.02. The van der Waals surface area contributed by atoms with Gasteiger partial charge in [0, 0.05) is 6.61 Å².